The maximum atomic E-state index is 12.9. The molecule has 0 saturated carbocycles. The zero-order valence-corrected chi connectivity index (χ0v) is 20.7. The highest BCUT2D eigenvalue weighted by atomic mass is 35.5. The van der Waals surface area contributed by atoms with E-state index < -0.39 is 17.1 Å². The molecule has 2 heterocycles. The van der Waals surface area contributed by atoms with Gasteiger partial charge in [0.1, 0.15) is 6.54 Å². The third-order valence-electron chi connectivity index (χ3n) is 5.65. The number of thioether (sulfide) groups is 1. The monoisotopic (exact) mass is 493 g/mol. The van der Waals surface area contributed by atoms with Crippen molar-refractivity contribution in [3.63, 3.8) is 0 Å². The van der Waals surface area contributed by atoms with Gasteiger partial charge in [-0.15, -0.1) is 0 Å². The van der Waals surface area contributed by atoms with Crippen LogP contribution in [0.1, 0.15) is 29.4 Å². The van der Waals surface area contributed by atoms with Crippen LogP contribution in [0.2, 0.25) is 5.02 Å². The standard InChI is InChI=1S/C26H24ClN3O3S/c1-4-18-8-5-6-11-22(18)30-16(2)12-19(17(30)3)13-23-25(32)29(26(33)34-23)15-24(31)28-21-10-7-9-20(27)14-21/h5-14H,4,15H2,1-3H3,(H,28,31)/b23-13-. The molecule has 0 unspecified atom stereocenters. The molecule has 1 aromatic heterocycles. The van der Waals surface area contributed by atoms with Gasteiger partial charge in [0.25, 0.3) is 11.1 Å². The van der Waals surface area contributed by atoms with Crippen molar-refractivity contribution in [2.24, 2.45) is 0 Å². The van der Waals surface area contributed by atoms with Gasteiger partial charge >= 0.3 is 0 Å². The summed E-state index contributed by atoms with van der Waals surface area (Å²) in [5, 5.41) is 2.67. The van der Waals surface area contributed by atoms with Crippen molar-refractivity contribution in [3.05, 3.63) is 87.0 Å². The number of carbonyl (C=O) groups is 3. The van der Waals surface area contributed by atoms with Gasteiger partial charge in [-0.05, 0) is 79.6 Å². The van der Waals surface area contributed by atoms with Crippen LogP contribution >= 0.6 is 23.4 Å². The Kier molecular flexibility index (Phi) is 6.95. The highest BCUT2D eigenvalue weighted by molar-refractivity contribution is 8.18. The number of para-hydroxylation sites is 1. The second-order valence-electron chi connectivity index (χ2n) is 7.97. The fourth-order valence-electron chi connectivity index (χ4n) is 4.02. The second-order valence-corrected chi connectivity index (χ2v) is 9.40. The topological polar surface area (TPSA) is 71.4 Å². The number of nitrogens with one attached hydrogen (secondary N) is 1. The number of hydrogen-bond donors (Lipinski definition) is 1. The van der Waals surface area contributed by atoms with E-state index in [1.807, 2.05) is 32.0 Å². The zero-order chi connectivity index (χ0) is 24.4. The van der Waals surface area contributed by atoms with E-state index in [2.05, 4.69) is 28.9 Å². The van der Waals surface area contributed by atoms with Crippen molar-refractivity contribution >= 4 is 52.2 Å². The van der Waals surface area contributed by atoms with E-state index in [0.717, 1.165) is 45.7 Å². The predicted octanol–water partition coefficient (Wildman–Crippen LogP) is 5.98. The van der Waals surface area contributed by atoms with Crippen molar-refractivity contribution in [1.29, 1.82) is 0 Å². The molecular weight excluding hydrogens is 470 g/mol. The number of imide groups is 1. The molecular formula is C26H24ClN3O3S. The van der Waals surface area contributed by atoms with Gasteiger partial charge in [0, 0.05) is 27.8 Å². The number of aromatic nitrogens is 1. The molecule has 6 nitrogen and oxygen atoms in total. The number of amides is 3. The molecule has 0 bridgehead atoms. The van der Waals surface area contributed by atoms with Crippen molar-refractivity contribution in [3.8, 4) is 5.69 Å². The molecule has 8 heteroatoms. The first-order valence-electron chi connectivity index (χ1n) is 10.9. The SMILES string of the molecule is CCc1ccccc1-n1c(C)cc(/C=C2\SC(=O)N(CC(=O)Nc3cccc(Cl)c3)C2=O)c1C. The normalized spacial score (nSPS) is 14.8. The first kappa shape index (κ1) is 23.9. The van der Waals surface area contributed by atoms with Gasteiger partial charge < -0.3 is 9.88 Å². The summed E-state index contributed by atoms with van der Waals surface area (Å²) in [7, 11) is 0. The summed E-state index contributed by atoms with van der Waals surface area (Å²) >= 11 is 6.78. The van der Waals surface area contributed by atoms with Crippen molar-refractivity contribution in [1.82, 2.24) is 9.47 Å². The van der Waals surface area contributed by atoms with Crippen LogP contribution in [0.25, 0.3) is 11.8 Å². The van der Waals surface area contributed by atoms with Gasteiger partial charge in [-0.3, -0.25) is 19.3 Å². The van der Waals surface area contributed by atoms with Crippen LogP contribution in [0.3, 0.4) is 0 Å². The lowest BCUT2D eigenvalue weighted by Crippen LogP contribution is -2.36. The molecule has 0 atom stereocenters. The Morgan fingerprint density at radius 3 is 2.59 bits per heavy atom. The van der Waals surface area contributed by atoms with Gasteiger partial charge in [0.15, 0.2) is 0 Å². The number of hydrogen-bond acceptors (Lipinski definition) is 4. The highest BCUT2D eigenvalue weighted by Crippen LogP contribution is 2.34. The number of nitrogens with zero attached hydrogens (tertiary/aromatic N) is 2. The average molecular weight is 494 g/mol. The smallest absolute Gasteiger partial charge is 0.294 e. The number of carbonyl (C=O) groups excluding carboxylic acids is 3. The Morgan fingerprint density at radius 1 is 1.09 bits per heavy atom. The molecule has 0 aliphatic carbocycles. The molecule has 34 heavy (non-hydrogen) atoms. The second kappa shape index (κ2) is 9.91. The van der Waals surface area contributed by atoms with Gasteiger partial charge in [0.2, 0.25) is 5.91 Å². The largest absolute Gasteiger partial charge is 0.324 e. The van der Waals surface area contributed by atoms with Crippen LogP contribution in [0.5, 0.6) is 0 Å². The summed E-state index contributed by atoms with van der Waals surface area (Å²) in [6.45, 7) is 5.76. The number of halogens is 1. The van der Waals surface area contributed by atoms with Gasteiger partial charge in [0.05, 0.1) is 4.91 Å². The number of aryl methyl sites for hydroxylation is 2. The molecule has 4 rings (SSSR count). The number of anilines is 1. The molecule has 1 fully saturated rings. The van der Waals surface area contributed by atoms with Crippen molar-refractivity contribution in [2.75, 3.05) is 11.9 Å². The molecule has 3 aromatic rings. The van der Waals surface area contributed by atoms with E-state index in [0.29, 0.717) is 15.6 Å². The van der Waals surface area contributed by atoms with Gasteiger partial charge in [-0.25, -0.2) is 0 Å². The molecule has 1 aliphatic heterocycles. The predicted molar refractivity (Wildman–Crippen MR) is 137 cm³/mol. The molecule has 2 aromatic carbocycles. The summed E-state index contributed by atoms with van der Waals surface area (Å²) in [5.41, 5.74) is 5.69. The Bertz CT molecular complexity index is 1330. The van der Waals surface area contributed by atoms with Crippen LogP contribution in [0.15, 0.2) is 59.5 Å². The van der Waals surface area contributed by atoms with Crippen LogP contribution in [0, 0.1) is 13.8 Å². The lowest BCUT2D eigenvalue weighted by Gasteiger charge is -2.14. The van der Waals surface area contributed by atoms with Crippen LogP contribution in [0.4, 0.5) is 10.5 Å². The van der Waals surface area contributed by atoms with Crippen LogP contribution in [-0.4, -0.2) is 33.1 Å². The Morgan fingerprint density at radius 2 is 1.85 bits per heavy atom. The summed E-state index contributed by atoms with van der Waals surface area (Å²) < 4.78 is 2.16. The maximum absolute atomic E-state index is 12.9. The van der Waals surface area contributed by atoms with E-state index in [9.17, 15) is 14.4 Å². The average Bonchev–Trinajstić information content (AvgIpc) is 3.22. The Labute approximate surface area is 207 Å². The zero-order valence-electron chi connectivity index (χ0n) is 19.1. The highest BCUT2D eigenvalue weighted by Gasteiger charge is 2.36. The fraction of sp³-hybridized carbons (Fsp3) is 0.192. The molecule has 0 spiro atoms. The lowest BCUT2D eigenvalue weighted by molar-refractivity contribution is -0.127. The van der Waals surface area contributed by atoms with Crippen molar-refractivity contribution < 1.29 is 14.4 Å². The molecule has 1 aliphatic rings. The van der Waals surface area contributed by atoms with Crippen molar-refractivity contribution in [2.45, 2.75) is 27.2 Å². The summed E-state index contributed by atoms with van der Waals surface area (Å²) in [6.07, 6.45) is 2.63. The minimum atomic E-state index is -0.477. The Hall–Kier alpha value is -3.29. The third kappa shape index (κ3) is 4.81. The van der Waals surface area contributed by atoms with E-state index in [-0.39, 0.29) is 6.54 Å². The number of rotatable bonds is 6. The van der Waals surface area contributed by atoms with Gasteiger partial charge in [-0.2, -0.15) is 0 Å². The maximum Gasteiger partial charge on any atom is 0.294 e. The molecule has 174 valence electrons. The van der Waals surface area contributed by atoms with E-state index in [4.69, 9.17) is 11.6 Å². The fourth-order valence-corrected chi connectivity index (χ4v) is 5.04. The Balaban J connectivity index is 1.55. The molecule has 3 amide bonds. The van der Waals surface area contributed by atoms with E-state index in [1.54, 1.807) is 30.3 Å². The minimum Gasteiger partial charge on any atom is -0.324 e. The molecule has 1 saturated heterocycles. The lowest BCUT2D eigenvalue weighted by atomic mass is 10.1. The van der Waals surface area contributed by atoms with Crippen LogP contribution < -0.4 is 5.32 Å². The minimum absolute atomic E-state index is 0.296. The summed E-state index contributed by atoms with van der Waals surface area (Å²) in [4.78, 5) is 39.1. The first-order chi connectivity index (χ1) is 16.3. The number of benzene rings is 2. The quantitative estimate of drug-likeness (QED) is 0.428. The summed E-state index contributed by atoms with van der Waals surface area (Å²) in [6, 6.07) is 16.9. The van der Waals surface area contributed by atoms with E-state index >= 15 is 0 Å². The molecule has 0 radical (unpaired) electrons. The summed E-state index contributed by atoms with van der Waals surface area (Å²) in [5.74, 6) is -0.949. The van der Waals surface area contributed by atoms with E-state index in [1.165, 1.54) is 5.56 Å². The first-order valence-corrected chi connectivity index (χ1v) is 12.1. The van der Waals surface area contributed by atoms with Crippen LogP contribution in [-0.2, 0) is 16.0 Å². The molecule has 1 N–H and O–H groups in total. The van der Waals surface area contributed by atoms with Gasteiger partial charge in [-0.1, -0.05) is 42.8 Å². The third-order valence-corrected chi connectivity index (χ3v) is 6.80.